The van der Waals surface area contributed by atoms with Crippen LogP contribution in [0.25, 0.3) is 0 Å². The fraction of sp³-hybridized carbons (Fsp3) is 1.00. The van der Waals surface area contributed by atoms with Crippen LogP contribution in [-0.2, 0) is 0 Å². The lowest BCUT2D eigenvalue weighted by Gasteiger charge is -1.68. The van der Waals surface area contributed by atoms with Crippen LogP contribution in [0.5, 0.6) is 0 Å². The molecule has 0 spiro atoms. The smallest absolute Gasteiger partial charge is 0.0785 e. The van der Waals surface area contributed by atoms with Crippen LogP contribution in [0.4, 0.5) is 4.39 Å². The Morgan fingerprint density at radius 2 is 1.17 bits per heavy atom. The standard InChI is InChI=1S/C4H10.CH3F/c1-3-4-2;1-2/h3-4H2,1-2H3;1H3. The van der Waals surface area contributed by atoms with Gasteiger partial charge < -0.3 is 0 Å². The second kappa shape index (κ2) is 20.4. The second-order valence-corrected chi connectivity index (χ2v) is 1.000. The Morgan fingerprint density at radius 3 is 1.17 bits per heavy atom. The van der Waals surface area contributed by atoms with Crippen molar-refractivity contribution in [2.24, 2.45) is 0 Å². The minimum atomic E-state index is 0.500. The molecule has 0 radical (unpaired) electrons. The Morgan fingerprint density at radius 1 is 1.00 bits per heavy atom. The molecule has 0 atom stereocenters. The number of hydrogen-bond acceptors (Lipinski definition) is 0. The Balaban J connectivity index is 0. The van der Waals surface area contributed by atoms with Gasteiger partial charge in [-0.15, -0.1) is 0 Å². The summed E-state index contributed by atoms with van der Waals surface area (Å²) in [5, 5.41) is 0. The Hall–Kier alpha value is -0.0700. The van der Waals surface area contributed by atoms with Crippen molar-refractivity contribution in [3.63, 3.8) is 0 Å². The third-order valence-corrected chi connectivity index (χ3v) is 0.500. The predicted octanol–water partition coefficient (Wildman–Crippen LogP) is 2.39. The summed E-state index contributed by atoms with van der Waals surface area (Å²) in [5.41, 5.74) is 0. The minimum Gasteiger partial charge on any atom is -0.255 e. The fourth-order valence-electron chi connectivity index (χ4n) is 0. The normalized spacial score (nSPS) is 6.00. The third-order valence-electron chi connectivity index (χ3n) is 0.500. The summed E-state index contributed by atoms with van der Waals surface area (Å²) in [5.74, 6) is 0. The van der Waals surface area contributed by atoms with Gasteiger partial charge in [-0.2, -0.15) is 0 Å². The molecule has 0 saturated heterocycles. The molecule has 40 valence electrons. The molecule has 0 fully saturated rings. The summed E-state index contributed by atoms with van der Waals surface area (Å²) in [4.78, 5) is 0. The third kappa shape index (κ3) is 39.0. The lowest BCUT2D eigenvalue weighted by Crippen LogP contribution is -1.47. The van der Waals surface area contributed by atoms with Crippen LogP contribution in [-0.4, -0.2) is 7.18 Å². The summed E-state index contributed by atoms with van der Waals surface area (Å²) < 4.78 is 9.50. The van der Waals surface area contributed by atoms with Crippen molar-refractivity contribution in [3.8, 4) is 0 Å². The molecule has 0 aromatic carbocycles. The predicted molar refractivity (Wildman–Crippen MR) is 27.6 cm³/mol. The molecule has 0 nitrogen and oxygen atoms in total. The molecule has 0 N–H and O–H groups in total. The van der Waals surface area contributed by atoms with Crippen molar-refractivity contribution in [3.05, 3.63) is 0 Å². The summed E-state index contributed by atoms with van der Waals surface area (Å²) in [6.07, 6.45) is 2.64. The molecule has 0 aliphatic rings. The minimum absolute atomic E-state index is 0.500. The zero-order valence-corrected chi connectivity index (χ0v) is 4.79. The molecule has 0 amide bonds. The monoisotopic (exact) mass is 92.1 g/mol. The molecule has 0 rings (SSSR count). The van der Waals surface area contributed by atoms with Gasteiger partial charge in [0.25, 0.3) is 0 Å². The molecule has 0 aromatic rings. The van der Waals surface area contributed by atoms with Gasteiger partial charge in [0.05, 0.1) is 7.18 Å². The number of alkyl halides is 1. The first kappa shape index (κ1) is 9.33. The van der Waals surface area contributed by atoms with Crippen LogP contribution in [0.1, 0.15) is 26.7 Å². The lowest BCUT2D eigenvalue weighted by atomic mass is 10.4. The van der Waals surface area contributed by atoms with E-state index in [0.717, 1.165) is 0 Å². The van der Waals surface area contributed by atoms with Gasteiger partial charge in [0, 0.05) is 0 Å². The highest BCUT2D eigenvalue weighted by molar-refractivity contribution is 4.12. The molecule has 0 unspecified atom stereocenters. The summed E-state index contributed by atoms with van der Waals surface area (Å²) >= 11 is 0. The zero-order chi connectivity index (χ0) is 5.41. The number of rotatable bonds is 1. The zero-order valence-electron chi connectivity index (χ0n) is 4.79. The van der Waals surface area contributed by atoms with E-state index in [4.69, 9.17) is 0 Å². The molecular formula is C5H13F. The highest BCUT2D eigenvalue weighted by Gasteiger charge is 1.56. The molecule has 6 heavy (non-hydrogen) atoms. The van der Waals surface area contributed by atoms with E-state index in [-0.39, 0.29) is 0 Å². The van der Waals surface area contributed by atoms with E-state index < -0.39 is 0 Å². The van der Waals surface area contributed by atoms with E-state index in [0.29, 0.717) is 7.18 Å². The van der Waals surface area contributed by atoms with Gasteiger partial charge in [-0.25, -0.2) is 0 Å². The highest BCUT2D eigenvalue weighted by Crippen LogP contribution is 1.76. The van der Waals surface area contributed by atoms with E-state index in [9.17, 15) is 4.39 Å². The van der Waals surface area contributed by atoms with Crippen LogP contribution in [0, 0.1) is 0 Å². The van der Waals surface area contributed by atoms with Crippen molar-refractivity contribution in [2.75, 3.05) is 7.18 Å². The molecule has 0 bridgehead atoms. The highest BCUT2D eigenvalue weighted by atomic mass is 19.1. The van der Waals surface area contributed by atoms with Gasteiger partial charge in [0.2, 0.25) is 0 Å². The summed E-state index contributed by atoms with van der Waals surface area (Å²) in [6, 6.07) is 0. The van der Waals surface area contributed by atoms with E-state index >= 15 is 0 Å². The molecule has 0 aliphatic heterocycles. The Labute approximate surface area is 39.4 Å². The maximum atomic E-state index is 9.50. The molecule has 0 aliphatic carbocycles. The first-order valence-electron chi connectivity index (χ1n) is 2.29. The van der Waals surface area contributed by atoms with E-state index in [2.05, 4.69) is 13.8 Å². The molecule has 1 heteroatoms. The van der Waals surface area contributed by atoms with Crippen molar-refractivity contribution >= 4 is 0 Å². The molecule has 0 saturated carbocycles. The SMILES string of the molecule is CCCC.CF. The summed E-state index contributed by atoms with van der Waals surface area (Å²) in [7, 11) is 0.500. The number of halogens is 1. The fourth-order valence-corrected chi connectivity index (χ4v) is 0. The second-order valence-electron chi connectivity index (χ2n) is 1.000. The van der Waals surface area contributed by atoms with Gasteiger partial charge >= 0.3 is 0 Å². The Bertz CT molecular complexity index is 5.90. The van der Waals surface area contributed by atoms with Crippen molar-refractivity contribution in [1.82, 2.24) is 0 Å². The van der Waals surface area contributed by atoms with E-state index in [1.807, 2.05) is 0 Å². The maximum absolute atomic E-state index is 9.50. The molecule has 0 aromatic heterocycles. The topological polar surface area (TPSA) is 0 Å². The van der Waals surface area contributed by atoms with Crippen molar-refractivity contribution < 1.29 is 4.39 Å². The molecule has 0 heterocycles. The average molecular weight is 92.2 g/mol. The Kier molecular flexibility index (Phi) is 31.8. The van der Waals surface area contributed by atoms with Crippen LogP contribution in [0.15, 0.2) is 0 Å². The van der Waals surface area contributed by atoms with Gasteiger partial charge in [0.1, 0.15) is 0 Å². The van der Waals surface area contributed by atoms with Gasteiger partial charge in [0.15, 0.2) is 0 Å². The largest absolute Gasteiger partial charge is 0.255 e. The lowest BCUT2D eigenvalue weighted by molar-refractivity contribution is 0.636. The van der Waals surface area contributed by atoms with Crippen LogP contribution in [0.2, 0.25) is 0 Å². The summed E-state index contributed by atoms with van der Waals surface area (Å²) in [6.45, 7) is 4.36. The van der Waals surface area contributed by atoms with Gasteiger partial charge in [-0.05, 0) is 0 Å². The van der Waals surface area contributed by atoms with Crippen LogP contribution >= 0.6 is 0 Å². The number of unbranched alkanes of at least 4 members (excludes halogenated alkanes) is 1. The van der Waals surface area contributed by atoms with Gasteiger partial charge in [-0.1, -0.05) is 26.7 Å². The van der Waals surface area contributed by atoms with Crippen molar-refractivity contribution in [1.29, 1.82) is 0 Å². The quantitative estimate of drug-likeness (QED) is 0.466. The molecular weight excluding hydrogens is 79.1 g/mol. The van der Waals surface area contributed by atoms with E-state index in [1.54, 1.807) is 0 Å². The maximum Gasteiger partial charge on any atom is 0.0785 e. The van der Waals surface area contributed by atoms with Crippen LogP contribution in [0.3, 0.4) is 0 Å². The van der Waals surface area contributed by atoms with Gasteiger partial charge in [-0.3, -0.25) is 4.39 Å². The van der Waals surface area contributed by atoms with Crippen LogP contribution < -0.4 is 0 Å². The van der Waals surface area contributed by atoms with Crippen molar-refractivity contribution in [2.45, 2.75) is 26.7 Å². The van der Waals surface area contributed by atoms with E-state index in [1.165, 1.54) is 12.8 Å². The first-order chi connectivity index (χ1) is 2.91. The first-order valence-corrected chi connectivity index (χ1v) is 2.29. The average Bonchev–Trinajstić information content (AvgIpc) is 1.72. The number of hydrogen-bond donors (Lipinski definition) is 0.